The molecule has 2 rings (SSSR count). The van der Waals surface area contributed by atoms with Crippen LogP contribution in [0, 0.1) is 5.92 Å². The van der Waals surface area contributed by atoms with Crippen LogP contribution in [0.4, 0.5) is 0 Å². The third-order valence-corrected chi connectivity index (χ3v) is 6.92. The van der Waals surface area contributed by atoms with Crippen molar-refractivity contribution in [3.05, 3.63) is 42.5 Å². The summed E-state index contributed by atoms with van der Waals surface area (Å²) in [6.07, 6.45) is 3.78. The van der Waals surface area contributed by atoms with E-state index >= 15 is 0 Å². The molecule has 1 N–H and O–H groups in total. The topological polar surface area (TPSA) is 83.9 Å². The SMILES string of the molecule is CCCCCN(CC(=O)OCC)C(=O)C(C=S(=O)(O)c1ccc2ccccc2c1)CCC. The summed E-state index contributed by atoms with van der Waals surface area (Å²) < 4.78 is 29.2. The number of carbonyl (C=O) groups is 2. The third-order valence-electron chi connectivity index (χ3n) is 5.29. The van der Waals surface area contributed by atoms with Crippen molar-refractivity contribution in [2.24, 2.45) is 5.92 Å². The molecule has 0 fully saturated rings. The van der Waals surface area contributed by atoms with Crippen LogP contribution in [0.5, 0.6) is 0 Å². The second-order valence-electron chi connectivity index (χ2n) is 7.88. The molecule has 0 bridgehead atoms. The minimum absolute atomic E-state index is 0.146. The molecule has 0 aliphatic carbocycles. The number of hydrogen-bond donors (Lipinski definition) is 1. The van der Waals surface area contributed by atoms with Crippen LogP contribution in [-0.4, -0.2) is 50.6 Å². The molecule has 176 valence electrons. The Bertz CT molecular complexity index is 1030. The molecule has 0 radical (unpaired) electrons. The van der Waals surface area contributed by atoms with Gasteiger partial charge in [-0.2, -0.15) is 0 Å². The van der Waals surface area contributed by atoms with Crippen LogP contribution in [0.25, 0.3) is 10.8 Å². The predicted octanol–water partition coefficient (Wildman–Crippen LogP) is 4.76. The van der Waals surface area contributed by atoms with E-state index in [2.05, 4.69) is 6.92 Å². The Kier molecular flexibility index (Phi) is 10.2. The van der Waals surface area contributed by atoms with Gasteiger partial charge in [0.1, 0.15) is 16.3 Å². The van der Waals surface area contributed by atoms with Crippen LogP contribution in [-0.2, 0) is 24.1 Å². The summed E-state index contributed by atoms with van der Waals surface area (Å²) in [5.41, 5.74) is 0. The molecule has 1 amide bonds. The van der Waals surface area contributed by atoms with Gasteiger partial charge in [0.05, 0.1) is 17.4 Å². The van der Waals surface area contributed by atoms with Crippen LogP contribution in [0.2, 0.25) is 0 Å². The number of nitrogens with zero attached hydrogens (tertiary/aromatic N) is 1. The maximum absolute atomic E-state index is 13.3. The van der Waals surface area contributed by atoms with Gasteiger partial charge in [-0.05, 0) is 42.7 Å². The second-order valence-corrected chi connectivity index (χ2v) is 9.76. The lowest BCUT2D eigenvalue weighted by molar-refractivity contribution is -0.149. The molecule has 7 heteroatoms. The summed E-state index contributed by atoms with van der Waals surface area (Å²) in [6, 6.07) is 12.8. The fourth-order valence-electron chi connectivity index (χ4n) is 3.63. The summed E-state index contributed by atoms with van der Waals surface area (Å²) in [7, 11) is -3.55. The largest absolute Gasteiger partial charge is 0.465 e. The van der Waals surface area contributed by atoms with Crippen molar-refractivity contribution < 1.29 is 23.1 Å². The standard InChI is InChI=1S/C25H35NO5S/c1-4-7-10-16-26(18-24(27)31-6-3)25(28)22(11-5-2)19-32(29,30)23-15-14-20-12-8-9-13-21(20)17-23/h8-9,12-15,17,19,22H,4-7,10-11,16,18H2,1-3H3,(H,29,30). The first kappa shape index (κ1) is 25.9. The van der Waals surface area contributed by atoms with Crippen LogP contribution in [0.15, 0.2) is 47.4 Å². The Labute approximate surface area is 191 Å². The zero-order valence-electron chi connectivity index (χ0n) is 19.3. The van der Waals surface area contributed by atoms with Crippen molar-refractivity contribution in [2.45, 2.75) is 57.8 Å². The lowest BCUT2D eigenvalue weighted by Crippen LogP contribution is -2.42. The number of esters is 1. The van der Waals surface area contributed by atoms with E-state index < -0.39 is 21.7 Å². The molecule has 0 saturated carbocycles. The van der Waals surface area contributed by atoms with Gasteiger partial charge in [-0.25, -0.2) is 4.21 Å². The lowest BCUT2D eigenvalue weighted by atomic mass is 10.0. The highest BCUT2D eigenvalue weighted by molar-refractivity contribution is 7.96. The molecule has 2 unspecified atom stereocenters. The zero-order valence-corrected chi connectivity index (χ0v) is 20.1. The molecule has 0 aromatic heterocycles. The van der Waals surface area contributed by atoms with E-state index in [-0.39, 0.29) is 24.0 Å². The van der Waals surface area contributed by atoms with E-state index in [0.29, 0.717) is 19.4 Å². The molecular weight excluding hydrogens is 426 g/mol. The highest BCUT2D eigenvalue weighted by atomic mass is 32.2. The number of rotatable bonds is 12. The Morgan fingerprint density at radius 2 is 1.78 bits per heavy atom. The van der Waals surface area contributed by atoms with Crippen LogP contribution < -0.4 is 0 Å². The highest BCUT2D eigenvalue weighted by Gasteiger charge is 2.26. The van der Waals surface area contributed by atoms with Gasteiger partial charge >= 0.3 is 5.97 Å². The normalized spacial score (nSPS) is 13.9. The molecule has 0 spiro atoms. The average Bonchev–Trinajstić information content (AvgIpc) is 2.77. The summed E-state index contributed by atoms with van der Waals surface area (Å²) >= 11 is 0. The van der Waals surface area contributed by atoms with E-state index in [4.69, 9.17) is 4.74 Å². The summed E-state index contributed by atoms with van der Waals surface area (Å²) in [5, 5.41) is 3.10. The van der Waals surface area contributed by atoms with Gasteiger partial charge in [-0.15, -0.1) is 0 Å². The van der Waals surface area contributed by atoms with Crippen molar-refractivity contribution in [1.82, 2.24) is 4.90 Å². The smallest absolute Gasteiger partial charge is 0.325 e. The predicted molar refractivity (Wildman–Crippen MR) is 130 cm³/mol. The number of hydrogen-bond acceptors (Lipinski definition) is 4. The number of fused-ring (bicyclic) bond motifs is 1. The van der Waals surface area contributed by atoms with E-state index in [0.717, 1.165) is 30.0 Å². The summed E-state index contributed by atoms with van der Waals surface area (Å²) in [6.45, 7) is 6.23. The Morgan fingerprint density at radius 3 is 2.44 bits per heavy atom. The van der Waals surface area contributed by atoms with Crippen molar-refractivity contribution in [1.29, 1.82) is 0 Å². The van der Waals surface area contributed by atoms with Gasteiger partial charge in [-0.1, -0.05) is 63.4 Å². The highest BCUT2D eigenvalue weighted by Crippen LogP contribution is 2.21. The van der Waals surface area contributed by atoms with Crippen LogP contribution in [0.3, 0.4) is 0 Å². The van der Waals surface area contributed by atoms with Crippen molar-refractivity contribution in [3.8, 4) is 0 Å². The molecular formula is C25H35NO5S. The molecule has 0 heterocycles. The number of benzene rings is 2. The monoisotopic (exact) mass is 461 g/mol. The maximum atomic E-state index is 13.3. The number of carbonyl (C=O) groups excluding carboxylic acids is 2. The quantitative estimate of drug-likeness (QED) is 0.280. The van der Waals surface area contributed by atoms with E-state index in [1.54, 1.807) is 19.1 Å². The van der Waals surface area contributed by atoms with Crippen LogP contribution >= 0.6 is 0 Å². The van der Waals surface area contributed by atoms with Crippen molar-refractivity contribution in [3.63, 3.8) is 0 Å². The van der Waals surface area contributed by atoms with Gasteiger partial charge in [0.15, 0.2) is 0 Å². The fourth-order valence-corrected chi connectivity index (χ4v) is 5.04. The maximum Gasteiger partial charge on any atom is 0.325 e. The molecule has 32 heavy (non-hydrogen) atoms. The molecule has 2 atom stereocenters. The summed E-state index contributed by atoms with van der Waals surface area (Å²) in [5.74, 6) is -1.54. The zero-order chi connectivity index (χ0) is 23.6. The van der Waals surface area contributed by atoms with Gasteiger partial charge < -0.3 is 14.2 Å². The van der Waals surface area contributed by atoms with Gasteiger partial charge in [0.25, 0.3) is 0 Å². The Hall–Kier alpha value is -2.38. The fraction of sp³-hybridized carbons (Fsp3) is 0.480. The first-order chi connectivity index (χ1) is 15.3. The second kappa shape index (κ2) is 12.6. The average molecular weight is 462 g/mol. The van der Waals surface area contributed by atoms with Gasteiger partial charge in [0, 0.05) is 11.9 Å². The Morgan fingerprint density at radius 1 is 1.06 bits per heavy atom. The molecule has 6 nitrogen and oxygen atoms in total. The van der Waals surface area contributed by atoms with Crippen molar-refractivity contribution >= 4 is 37.8 Å². The van der Waals surface area contributed by atoms with E-state index in [1.165, 1.54) is 10.3 Å². The van der Waals surface area contributed by atoms with Gasteiger partial charge in [0.2, 0.25) is 5.91 Å². The minimum atomic E-state index is -3.55. The summed E-state index contributed by atoms with van der Waals surface area (Å²) in [4.78, 5) is 27.2. The molecule has 0 saturated heterocycles. The van der Waals surface area contributed by atoms with Crippen molar-refractivity contribution in [2.75, 3.05) is 19.7 Å². The molecule has 0 aliphatic heterocycles. The lowest BCUT2D eigenvalue weighted by Gasteiger charge is -2.25. The number of unbranched alkanes of at least 4 members (excludes halogenated alkanes) is 2. The van der Waals surface area contributed by atoms with E-state index in [1.807, 2.05) is 37.3 Å². The third kappa shape index (κ3) is 7.35. The number of ether oxygens (including phenoxy) is 1. The van der Waals surface area contributed by atoms with Gasteiger partial charge in [-0.3, -0.25) is 9.59 Å². The molecule has 0 aliphatic rings. The first-order valence-corrected chi connectivity index (χ1v) is 12.9. The van der Waals surface area contributed by atoms with Crippen LogP contribution in [0.1, 0.15) is 52.9 Å². The number of amides is 1. The van der Waals surface area contributed by atoms with E-state index in [9.17, 15) is 18.4 Å². The minimum Gasteiger partial charge on any atom is -0.465 e. The molecule has 2 aromatic carbocycles. The Balaban J connectivity index is 2.35. The molecule has 2 aromatic rings. The first-order valence-electron chi connectivity index (χ1n) is 11.4.